The van der Waals surface area contributed by atoms with Gasteiger partial charge in [-0.2, -0.15) is 0 Å². The van der Waals surface area contributed by atoms with Crippen LogP contribution < -0.4 is 10.1 Å². The van der Waals surface area contributed by atoms with Crippen LogP contribution in [0.25, 0.3) is 0 Å². The summed E-state index contributed by atoms with van der Waals surface area (Å²) in [6.07, 6.45) is -2.64. The Balaban J connectivity index is 1.49. The van der Waals surface area contributed by atoms with Crippen molar-refractivity contribution in [2.75, 3.05) is 31.5 Å². The number of carbonyl (C=O) groups excluding carboxylic acids is 2. The minimum absolute atomic E-state index is 0.0275. The van der Waals surface area contributed by atoms with Crippen LogP contribution >= 0.6 is 0 Å². The Morgan fingerprint density at radius 1 is 0.968 bits per heavy atom. The van der Waals surface area contributed by atoms with Crippen LogP contribution in [0.15, 0.2) is 24.3 Å². The molecule has 7 nitrogen and oxygen atoms in total. The molecular weight excluding hydrogens is 415 g/mol. The largest absolute Gasteiger partial charge is 0.573 e. The Morgan fingerprint density at radius 2 is 1.52 bits per heavy atom. The van der Waals surface area contributed by atoms with E-state index in [1.165, 1.54) is 12.1 Å². The fraction of sp³-hybridized carbons (Fsp3) is 0.619. The summed E-state index contributed by atoms with van der Waals surface area (Å²) in [7, 11) is 0. The molecule has 2 saturated heterocycles. The Morgan fingerprint density at radius 3 is 2.03 bits per heavy atom. The van der Waals surface area contributed by atoms with Crippen LogP contribution in [0, 0.1) is 5.41 Å². The maximum atomic E-state index is 12.6. The summed E-state index contributed by atoms with van der Waals surface area (Å²) in [5, 5.41) is 2.71. The number of anilines is 1. The monoisotopic (exact) mass is 443 g/mol. The number of amides is 3. The number of carbonyl (C=O) groups is 2. The number of hydrogen-bond acceptors (Lipinski definition) is 4. The lowest BCUT2D eigenvalue weighted by Crippen LogP contribution is -2.46. The van der Waals surface area contributed by atoms with Crippen LogP contribution in [0.1, 0.15) is 40.0 Å². The van der Waals surface area contributed by atoms with Gasteiger partial charge in [-0.05, 0) is 69.7 Å². The van der Waals surface area contributed by atoms with Crippen molar-refractivity contribution in [3.63, 3.8) is 0 Å². The average Bonchev–Trinajstić information content (AvgIpc) is 3.05. The smallest absolute Gasteiger partial charge is 0.444 e. The first-order valence-corrected chi connectivity index (χ1v) is 10.2. The minimum atomic E-state index is -4.76. The number of urea groups is 1. The SMILES string of the molecule is CC(C)(C)OC(=O)N1CCC2(CCN(C(=O)Nc3ccc(OC(F)(F)F)cc3)C2)CC1. The lowest BCUT2D eigenvalue weighted by atomic mass is 9.78. The summed E-state index contributed by atoms with van der Waals surface area (Å²) < 4.78 is 46.0. The van der Waals surface area contributed by atoms with E-state index in [1.807, 2.05) is 20.8 Å². The van der Waals surface area contributed by atoms with Crippen LogP contribution in [-0.4, -0.2) is 60.1 Å². The third kappa shape index (κ3) is 6.41. The van der Waals surface area contributed by atoms with Gasteiger partial charge >= 0.3 is 18.5 Å². The second-order valence-electron chi connectivity index (χ2n) is 9.14. The van der Waals surface area contributed by atoms with Crippen LogP contribution in [0.2, 0.25) is 0 Å². The molecule has 0 aliphatic carbocycles. The first-order valence-electron chi connectivity index (χ1n) is 10.2. The minimum Gasteiger partial charge on any atom is -0.444 e. The van der Waals surface area contributed by atoms with Crippen molar-refractivity contribution in [1.82, 2.24) is 9.80 Å². The molecule has 1 aromatic carbocycles. The number of alkyl halides is 3. The van der Waals surface area contributed by atoms with E-state index in [0.717, 1.165) is 31.4 Å². The number of rotatable bonds is 2. The first kappa shape index (κ1) is 23.0. The predicted molar refractivity (Wildman–Crippen MR) is 108 cm³/mol. The van der Waals surface area contributed by atoms with Crippen LogP contribution in [0.4, 0.5) is 28.4 Å². The maximum absolute atomic E-state index is 12.6. The van der Waals surface area contributed by atoms with Gasteiger partial charge in [0.15, 0.2) is 0 Å². The Hall–Kier alpha value is -2.65. The van der Waals surface area contributed by atoms with Gasteiger partial charge in [-0.1, -0.05) is 0 Å². The highest BCUT2D eigenvalue weighted by Gasteiger charge is 2.43. The highest BCUT2D eigenvalue weighted by Crippen LogP contribution is 2.40. The molecule has 0 bridgehead atoms. The highest BCUT2D eigenvalue weighted by molar-refractivity contribution is 5.89. The predicted octanol–water partition coefficient (Wildman–Crippen LogP) is 4.84. The average molecular weight is 443 g/mol. The number of nitrogens with zero attached hydrogens (tertiary/aromatic N) is 2. The zero-order valence-electron chi connectivity index (χ0n) is 17.9. The van der Waals surface area contributed by atoms with Gasteiger partial charge in [0, 0.05) is 31.9 Å². The fourth-order valence-corrected chi connectivity index (χ4v) is 3.95. The molecule has 0 atom stereocenters. The van der Waals surface area contributed by atoms with Crippen molar-refractivity contribution in [2.45, 2.75) is 52.0 Å². The molecule has 3 amide bonds. The van der Waals surface area contributed by atoms with Gasteiger partial charge in [0.05, 0.1) is 0 Å². The Kier molecular flexibility index (Phi) is 6.29. The molecule has 31 heavy (non-hydrogen) atoms. The lowest BCUT2D eigenvalue weighted by Gasteiger charge is -2.39. The summed E-state index contributed by atoms with van der Waals surface area (Å²) in [4.78, 5) is 28.3. The molecule has 2 aliphatic heterocycles. The van der Waals surface area contributed by atoms with Crippen molar-refractivity contribution in [3.05, 3.63) is 24.3 Å². The molecule has 1 aromatic rings. The molecule has 0 radical (unpaired) electrons. The summed E-state index contributed by atoms with van der Waals surface area (Å²) in [5.74, 6) is -0.345. The second-order valence-corrected chi connectivity index (χ2v) is 9.14. The van der Waals surface area contributed by atoms with Crippen molar-refractivity contribution in [2.24, 2.45) is 5.41 Å². The number of hydrogen-bond donors (Lipinski definition) is 1. The topological polar surface area (TPSA) is 71.1 Å². The molecule has 0 saturated carbocycles. The van der Waals surface area contributed by atoms with Crippen molar-refractivity contribution in [1.29, 1.82) is 0 Å². The van der Waals surface area contributed by atoms with Gasteiger partial charge in [0.25, 0.3) is 0 Å². The molecule has 3 rings (SSSR count). The van der Waals surface area contributed by atoms with Gasteiger partial charge in [-0.3, -0.25) is 0 Å². The van der Waals surface area contributed by atoms with Gasteiger partial charge < -0.3 is 24.6 Å². The molecule has 172 valence electrons. The molecule has 2 heterocycles. The second kappa shape index (κ2) is 8.47. The van der Waals surface area contributed by atoms with E-state index < -0.39 is 12.0 Å². The summed E-state index contributed by atoms with van der Waals surface area (Å²) in [5.41, 5.74) is -0.175. The first-order chi connectivity index (χ1) is 14.3. The molecule has 2 aliphatic rings. The van der Waals surface area contributed by atoms with Crippen LogP contribution in [0.3, 0.4) is 0 Å². The summed E-state index contributed by atoms with van der Waals surface area (Å²) in [6, 6.07) is 4.74. The third-order valence-electron chi connectivity index (χ3n) is 5.54. The Labute approximate surface area is 179 Å². The lowest BCUT2D eigenvalue weighted by molar-refractivity contribution is -0.274. The molecule has 10 heteroatoms. The maximum Gasteiger partial charge on any atom is 0.573 e. The molecule has 1 N–H and O–H groups in total. The number of piperidine rings is 1. The van der Waals surface area contributed by atoms with E-state index in [4.69, 9.17) is 4.74 Å². The number of nitrogens with one attached hydrogen (secondary N) is 1. The number of benzene rings is 1. The van der Waals surface area contributed by atoms with Gasteiger partial charge in [-0.25, -0.2) is 9.59 Å². The number of likely N-dealkylation sites (tertiary alicyclic amines) is 2. The van der Waals surface area contributed by atoms with E-state index in [1.54, 1.807) is 9.80 Å². The summed E-state index contributed by atoms with van der Waals surface area (Å²) >= 11 is 0. The molecule has 0 aromatic heterocycles. The number of ether oxygens (including phenoxy) is 2. The zero-order valence-corrected chi connectivity index (χ0v) is 17.9. The standard InChI is InChI=1S/C21H28F3N3O4/c1-19(2,3)31-18(29)26-11-8-20(9-12-26)10-13-27(14-20)17(28)25-15-4-6-16(7-5-15)30-21(22,23)24/h4-7H,8-14H2,1-3H3,(H,25,28). The van der Waals surface area contributed by atoms with E-state index >= 15 is 0 Å². The molecular formula is C21H28F3N3O4. The molecule has 1 spiro atoms. The zero-order chi connectivity index (χ0) is 22.9. The molecule has 0 unspecified atom stereocenters. The van der Waals surface area contributed by atoms with E-state index in [2.05, 4.69) is 10.1 Å². The quantitative estimate of drug-likeness (QED) is 0.710. The van der Waals surface area contributed by atoms with Crippen molar-refractivity contribution < 1.29 is 32.2 Å². The Bertz CT molecular complexity index is 798. The normalized spacial score (nSPS) is 18.8. The summed E-state index contributed by atoms with van der Waals surface area (Å²) in [6.45, 7) is 7.85. The van der Waals surface area contributed by atoms with E-state index in [-0.39, 0.29) is 23.3 Å². The van der Waals surface area contributed by atoms with Gasteiger partial charge in [0.2, 0.25) is 0 Å². The fourth-order valence-electron chi connectivity index (χ4n) is 3.95. The van der Waals surface area contributed by atoms with Gasteiger partial charge in [0.1, 0.15) is 11.4 Å². The highest BCUT2D eigenvalue weighted by atomic mass is 19.4. The van der Waals surface area contributed by atoms with Crippen LogP contribution in [-0.2, 0) is 4.74 Å². The van der Waals surface area contributed by atoms with E-state index in [0.29, 0.717) is 31.9 Å². The van der Waals surface area contributed by atoms with Crippen LogP contribution in [0.5, 0.6) is 5.75 Å². The van der Waals surface area contributed by atoms with Crippen molar-refractivity contribution >= 4 is 17.8 Å². The van der Waals surface area contributed by atoms with Gasteiger partial charge in [-0.15, -0.1) is 13.2 Å². The van der Waals surface area contributed by atoms with E-state index in [9.17, 15) is 22.8 Å². The molecule has 2 fully saturated rings. The third-order valence-corrected chi connectivity index (χ3v) is 5.54. The van der Waals surface area contributed by atoms with Crippen molar-refractivity contribution in [3.8, 4) is 5.75 Å². The number of halogens is 3.